The molecule has 0 aliphatic heterocycles. The van der Waals surface area contributed by atoms with Crippen LogP contribution < -0.4 is 209 Å². The number of carboxylic acid groups (broad SMARTS) is 2. The molecule has 0 amide bonds. The van der Waals surface area contributed by atoms with Crippen LogP contribution in [0.2, 0.25) is 0 Å². The van der Waals surface area contributed by atoms with Crippen molar-refractivity contribution in [2.75, 3.05) is 0 Å². The monoisotopic (exact) mass is 456 g/mol. The van der Waals surface area contributed by atoms with E-state index in [1.165, 1.54) is 0 Å². The average molecular weight is 457 g/mol. The summed E-state index contributed by atoms with van der Waals surface area (Å²) in [6.45, 7) is 0. The number of phosphoric acid groups is 2. The second-order valence-corrected chi connectivity index (χ2v) is 3.16. The van der Waals surface area contributed by atoms with Crippen LogP contribution in [0.1, 0.15) is 0 Å². The van der Waals surface area contributed by atoms with Crippen LogP contribution in [0.4, 0.5) is 4.79 Å². The first-order valence-electron chi connectivity index (χ1n) is 2.16. The quantitative estimate of drug-likeness (QED) is 0.170. The van der Waals surface area contributed by atoms with E-state index >= 15 is 0 Å². The second kappa shape index (κ2) is 36.6. The van der Waals surface area contributed by atoms with Gasteiger partial charge in [0.2, 0.25) is 0 Å². The molecule has 21 heavy (non-hydrogen) atoms. The van der Waals surface area contributed by atoms with Gasteiger partial charge < -0.3 is 69.0 Å². The third-order valence-electron chi connectivity index (χ3n) is 0. The first-order valence-corrected chi connectivity index (χ1v) is 5.19. The summed E-state index contributed by atoms with van der Waals surface area (Å²) < 4.78 is 17.4. The zero-order valence-corrected chi connectivity index (χ0v) is 26.3. The fourth-order valence-corrected chi connectivity index (χ4v) is 0. The summed E-state index contributed by atoms with van der Waals surface area (Å²) >= 11 is 0. The molecule has 104 valence electrons. The molecule has 0 atom stereocenters. The molecule has 0 fully saturated rings. The van der Waals surface area contributed by atoms with Gasteiger partial charge in [-0.05, 0) is 0 Å². The number of halogens is 2. The molecule has 0 heterocycles. The molecule has 0 aromatic rings. The topological polar surface area (TPSA) is 222 Å². The number of rotatable bonds is 0. The van der Waals surface area contributed by atoms with E-state index in [1.807, 2.05) is 0 Å². The Bertz CT molecular complexity index is 218. The third-order valence-corrected chi connectivity index (χ3v) is 0. The summed E-state index contributed by atoms with van der Waals surface area (Å²) in [6.07, 6.45) is -1.83. The molecule has 0 bridgehead atoms. The van der Waals surface area contributed by atoms with Gasteiger partial charge in [-0.2, -0.15) is 7.82 Å². The van der Waals surface area contributed by atoms with Gasteiger partial charge in [0.15, 0.2) is 0 Å². The van der Waals surface area contributed by atoms with E-state index in [4.69, 9.17) is 53.5 Å². The molecular weight excluding hydrogens is 452 g/mol. The Morgan fingerprint density at radius 1 is 0.762 bits per heavy atom. The van der Waals surface area contributed by atoms with Crippen LogP contribution in [0.25, 0.3) is 0 Å². The predicted molar refractivity (Wildman–Crippen MR) is 32.5 cm³/mol. The van der Waals surface area contributed by atoms with Crippen LogP contribution in [0.15, 0.2) is 0 Å². The molecule has 11 nitrogen and oxygen atoms in total. The van der Waals surface area contributed by atoms with Gasteiger partial charge in [-0.25, -0.2) is 9.36 Å². The summed E-state index contributed by atoms with van der Waals surface area (Å²) in [6, 6.07) is 0. The Balaban J connectivity index is -0.00000000930. The Morgan fingerprint density at radius 3 is 0.762 bits per heavy atom. The minimum atomic E-state index is -5.39. The van der Waals surface area contributed by atoms with Crippen molar-refractivity contribution < 1.29 is 248 Å². The minimum Gasteiger partial charge on any atom is -1.00 e. The van der Waals surface area contributed by atoms with Crippen molar-refractivity contribution in [2.24, 2.45) is 0 Å². The maximum atomic E-state index is 8.88. The summed E-state index contributed by atoms with van der Waals surface area (Å²) in [5.74, 6) is 0. The van der Waals surface area contributed by atoms with Gasteiger partial charge in [-0.1, -0.05) is 0 Å². The smallest absolute Gasteiger partial charge is 1.00 e. The molecule has 0 aliphatic rings. The second-order valence-electron chi connectivity index (χ2n) is 1.24. The number of hydrogen-bond donors (Lipinski definition) is 5. The summed E-state index contributed by atoms with van der Waals surface area (Å²) in [5.41, 5.74) is 0. The first-order chi connectivity index (χ1) is 5.73. The van der Waals surface area contributed by atoms with Gasteiger partial charge in [-0.15, -0.1) is 0 Å². The van der Waals surface area contributed by atoms with Crippen LogP contribution in [0, 0.1) is 0 Å². The Hall–Kier alpha value is 5.71. The molecule has 0 rings (SSSR count). The van der Waals surface area contributed by atoms with E-state index in [1.54, 1.807) is 0 Å². The maximum Gasteiger partial charge on any atom is 1.00 e. The van der Waals surface area contributed by atoms with E-state index in [0.29, 0.717) is 0 Å². The van der Waals surface area contributed by atoms with Crippen LogP contribution in [-0.4, -0.2) is 31.0 Å². The van der Waals surface area contributed by atoms with Crippen molar-refractivity contribution in [2.45, 2.75) is 0 Å². The van der Waals surface area contributed by atoms with Crippen LogP contribution in [-0.2, 0) is 9.13 Å². The van der Waals surface area contributed by atoms with Gasteiger partial charge in [0.25, 0.3) is 0 Å². The van der Waals surface area contributed by atoms with Crippen molar-refractivity contribution in [3.63, 3.8) is 0 Å². The third kappa shape index (κ3) is 444. The predicted octanol–water partition coefficient (Wildman–Crippen LogP) is -24.5. The molecule has 5 N–H and O–H groups in total. The molecule has 0 spiro atoms. The maximum absolute atomic E-state index is 8.88. The molecule has 20 heteroatoms. The molecule has 0 aromatic carbocycles. The molecule has 0 saturated carbocycles. The minimum absolute atomic E-state index is 0. The van der Waals surface area contributed by atoms with Gasteiger partial charge in [0, 0.05) is 0 Å². The molecule has 0 saturated heterocycles. The van der Waals surface area contributed by atoms with E-state index in [0.717, 1.165) is 0 Å². The first kappa shape index (κ1) is 63.2. The van der Waals surface area contributed by atoms with E-state index in [9.17, 15) is 0 Å². The van der Waals surface area contributed by atoms with Crippen molar-refractivity contribution in [3.05, 3.63) is 0 Å². The zero-order chi connectivity index (χ0) is 12.6. The normalized spacial score (nSPS) is 6.76. The molecule has 0 aromatic heterocycles. The molecular formula is CH5Cl2KNa4O11P2. The van der Waals surface area contributed by atoms with Crippen molar-refractivity contribution in [3.8, 4) is 0 Å². The van der Waals surface area contributed by atoms with Gasteiger partial charge >= 0.3 is 184 Å². The molecule has 0 unspecified atom stereocenters. The summed E-state index contributed by atoms with van der Waals surface area (Å²) in [4.78, 5) is 55.8. The van der Waals surface area contributed by atoms with Crippen LogP contribution in [0.3, 0.4) is 0 Å². The van der Waals surface area contributed by atoms with Gasteiger partial charge in [0.05, 0.1) is 0 Å². The fourth-order valence-electron chi connectivity index (χ4n) is 0. The fraction of sp³-hybridized carbons (Fsp3) is 0. The number of carbonyl (C=O) groups is 1. The van der Waals surface area contributed by atoms with Crippen molar-refractivity contribution in [1.29, 1.82) is 0 Å². The Kier molecular flexibility index (Phi) is 110. The Labute approximate surface area is 263 Å². The van der Waals surface area contributed by atoms with Crippen molar-refractivity contribution in [1.82, 2.24) is 0 Å². The average Bonchev–Trinajstić information content (AvgIpc) is 1.45. The van der Waals surface area contributed by atoms with E-state index in [-0.39, 0.29) is 194 Å². The van der Waals surface area contributed by atoms with Gasteiger partial charge in [0.1, 0.15) is 0 Å². The number of hydrogen-bond acceptors (Lipinski definition) is 6. The summed E-state index contributed by atoms with van der Waals surface area (Å²) in [5, 5.41) is 13.9. The van der Waals surface area contributed by atoms with Crippen LogP contribution in [0.5, 0.6) is 0 Å². The van der Waals surface area contributed by atoms with Gasteiger partial charge in [-0.3, -0.25) is 0 Å². The largest absolute Gasteiger partial charge is 1.00 e. The standard InChI is InChI=1S/CH2O3.2ClH.K.4Na.2H3O4P/c2-1(3)4;;;;;;;;2*1-5(2,3)4/h(H2,2,3,4);2*1H;;;;;;2*(H3,1,2,3,4)/q;;;5*+1;;/p-5. The van der Waals surface area contributed by atoms with E-state index in [2.05, 4.69) is 0 Å². The Morgan fingerprint density at radius 2 is 0.762 bits per heavy atom. The molecule has 0 aliphatic carbocycles. The SMILES string of the molecule is O=C(O)O.O=P(O)(O)O.O=P([O-])([O-])[O-].[Cl-].[Cl-].[K+].[Na+].[Na+].[Na+].[Na+]. The van der Waals surface area contributed by atoms with E-state index < -0.39 is 21.8 Å². The molecule has 0 radical (unpaired) electrons. The zero-order valence-electron chi connectivity index (χ0n) is 11.8. The van der Waals surface area contributed by atoms with Crippen molar-refractivity contribution >= 4 is 21.8 Å². The van der Waals surface area contributed by atoms with Crippen LogP contribution >= 0.6 is 15.6 Å². The summed E-state index contributed by atoms with van der Waals surface area (Å²) in [7, 11) is -10.0.